The third kappa shape index (κ3) is 6.52. The quantitative estimate of drug-likeness (QED) is 0.668. The third-order valence-corrected chi connectivity index (χ3v) is 5.55. The molecule has 1 unspecified atom stereocenters. The number of nitrogens with zero attached hydrogens (tertiary/aromatic N) is 1. The Balaban J connectivity index is 2.22. The van der Waals surface area contributed by atoms with Crippen LogP contribution in [0.15, 0.2) is 0 Å². The van der Waals surface area contributed by atoms with Gasteiger partial charge in [-0.25, -0.2) is 13.1 Å². The topological polar surface area (TPSA) is 61.4 Å². The molecule has 1 saturated heterocycles. The molecule has 1 heterocycles. The van der Waals surface area contributed by atoms with Crippen LogP contribution in [0.1, 0.15) is 40.0 Å². The summed E-state index contributed by atoms with van der Waals surface area (Å²) in [5.74, 6) is 0.838. The molecule has 0 radical (unpaired) electrons. The Labute approximate surface area is 124 Å². The number of hydrogen-bond donors (Lipinski definition) is 2. The van der Waals surface area contributed by atoms with Crippen LogP contribution in [0.3, 0.4) is 0 Å². The zero-order valence-electron chi connectivity index (χ0n) is 13.2. The maximum absolute atomic E-state index is 11.5. The summed E-state index contributed by atoms with van der Waals surface area (Å²) in [6.07, 6.45) is 3.66. The Morgan fingerprint density at radius 2 is 1.90 bits per heavy atom. The minimum Gasteiger partial charge on any atom is -0.313 e. The molecule has 0 saturated carbocycles. The van der Waals surface area contributed by atoms with Crippen LogP contribution in [0.4, 0.5) is 0 Å². The summed E-state index contributed by atoms with van der Waals surface area (Å²) in [6, 6.07) is 0.399. The standard InChI is InChI=1S/C14H31N3O2S/c1-4-9-17-10-6-14(7-11-17)13(3)15-8-12-20(18,19)16-5-2/h13-16H,4-12H2,1-3H3. The molecule has 6 heteroatoms. The van der Waals surface area contributed by atoms with E-state index in [1.54, 1.807) is 6.92 Å². The molecule has 1 aliphatic rings. The summed E-state index contributed by atoms with van der Waals surface area (Å²) in [6.45, 7) is 10.8. The van der Waals surface area contributed by atoms with Crippen LogP contribution >= 0.6 is 0 Å². The zero-order valence-corrected chi connectivity index (χ0v) is 14.0. The lowest BCUT2D eigenvalue weighted by atomic mass is 9.90. The third-order valence-electron chi connectivity index (χ3n) is 4.08. The summed E-state index contributed by atoms with van der Waals surface area (Å²) >= 11 is 0. The molecule has 1 aliphatic heterocycles. The van der Waals surface area contributed by atoms with Gasteiger partial charge in [-0.3, -0.25) is 0 Å². The van der Waals surface area contributed by atoms with Crippen molar-refractivity contribution < 1.29 is 8.42 Å². The number of sulfonamides is 1. The maximum Gasteiger partial charge on any atom is 0.212 e. The van der Waals surface area contributed by atoms with Crippen LogP contribution < -0.4 is 10.0 Å². The molecule has 2 N–H and O–H groups in total. The lowest BCUT2D eigenvalue weighted by molar-refractivity contribution is 0.163. The van der Waals surface area contributed by atoms with E-state index in [-0.39, 0.29) is 5.75 Å². The molecule has 0 aromatic carbocycles. The lowest BCUT2D eigenvalue weighted by Gasteiger charge is -2.35. The summed E-state index contributed by atoms with van der Waals surface area (Å²) in [7, 11) is -3.09. The molecule has 1 fully saturated rings. The van der Waals surface area contributed by atoms with Gasteiger partial charge in [-0.05, 0) is 51.7 Å². The van der Waals surface area contributed by atoms with E-state index in [2.05, 4.69) is 28.8 Å². The highest BCUT2D eigenvalue weighted by atomic mass is 32.2. The van der Waals surface area contributed by atoms with E-state index in [1.165, 1.54) is 38.9 Å². The normalized spacial score (nSPS) is 20.1. The van der Waals surface area contributed by atoms with Crippen molar-refractivity contribution in [1.82, 2.24) is 14.9 Å². The van der Waals surface area contributed by atoms with E-state index in [9.17, 15) is 8.42 Å². The SMILES string of the molecule is CCCN1CCC(C(C)NCCS(=O)(=O)NCC)CC1. The Kier molecular flexibility index (Phi) is 8.02. The Hall–Kier alpha value is -0.170. The molecule has 1 rings (SSSR count). The van der Waals surface area contributed by atoms with Crippen molar-refractivity contribution in [1.29, 1.82) is 0 Å². The zero-order chi connectivity index (χ0) is 15.0. The first-order valence-electron chi connectivity index (χ1n) is 7.91. The van der Waals surface area contributed by atoms with Crippen LogP contribution in [0.5, 0.6) is 0 Å². The number of likely N-dealkylation sites (tertiary alicyclic amines) is 1. The second-order valence-corrected chi connectivity index (χ2v) is 7.67. The highest BCUT2D eigenvalue weighted by Gasteiger charge is 2.23. The van der Waals surface area contributed by atoms with Crippen molar-refractivity contribution in [2.75, 3.05) is 38.5 Å². The van der Waals surface area contributed by atoms with Gasteiger partial charge in [-0.15, -0.1) is 0 Å². The molecule has 0 spiro atoms. The van der Waals surface area contributed by atoms with Crippen molar-refractivity contribution in [3.63, 3.8) is 0 Å². The van der Waals surface area contributed by atoms with Crippen LogP contribution in [0.25, 0.3) is 0 Å². The van der Waals surface area contributed by atoms with Crippen molar-refractivity contribution in [2.24, 2.45) is 5.92 Å². The number of rotatable bonds is 9. The monoisotopic (exact) mass is 305 g/mol. The van der Waals surface area contributed by atoms with Crippen LogP contribution in [-0.2, 0) is 10.0 Å². The number of piperidine rings is 1. The molecule has 0 amide bonds. The van der Waals surface area contributed by atoms with Crippen molar-refractivity contribution >= 4 is 10.0 Å². The largest absolute Gasteiger partial charge is 0.313 e. The number of nitrogens with one attached hydrogen (secondary N) is 2. The molecule has 1 atom stereocenters. The number of hydrogen-bond acceptors (Lipinski definition) is 4. The van der Waals surface area contributed by atoms with Crippen LogP contribution in [0, 0.1) is 5.92 Å². The van der Waals surface area contributed by atoms with Crippen molar-refractivity contribution in [3.8, 4) is 0 Å². The predicted molar refractivity (Wildman–Crippen MR) is 84.4 cm³/mol. The summed E-state index contributed by atoms with van der Waals surface area (Å²) < 4.78 is 25.6. The molecule has 0 bridgehead atoms. The van der Waals surface area contributed by atoms with Gasteiger partial charge in [0.1, 0.15) is 0 Å². The second-order valence-electron chi connectivity index (χ2n) is 5.74. The first-order chi connectivity index (χ1) is 9.48. The van der Waals surface area contributed by atoms with Gasteiger partial charge in [0.25, 0.3) is 0 Å². The fourth-order valence-electron chi connectivity index (χ4n) is 2.87. The Morgan fingerprint density at radius 1 is 1.25 bits per heavy atom. The van der Waals surface area contributed by atoms with E-state index in [0.29, 0.717) is 25.0 Å². The fourth-order valence-corrected chi connectivity index (χ4v) is 3.84. The average Bonchev–Trinajstić information content (AvgIpc) is 2.39. The molecule has 120 valence electrons. The van der Waals surface area contributed by atoms with E-state index in [0.717, 1.165) is 0 Å². The fraction of sp³-hybridized carbons (Fsp3) is 1.00. The average molecular weight is 305 g/mol. The van der Waals surface area contributed by atoms with Gasteiger partial charge in [-0.1, -0.05) is 13.8 Å². The van der Waals surface area contributed by atoms with Crippen LogP contribution in [0.2, 0.25) is 0 Å². The predicted octanol–water partition coefficient (Wildman–Crippen LogP) is 1.03. The molecule has 0 aliphatic carbocycles. The van der Waals surface area contributed by atoms with Gasteiger partial charge >= 0.3 is 0 Å². The maximum atomic E-state index is 11.5. The molecule has 5 nitrogen and oxygen atoms in total. The first kappa shape index (κ1) is 17.9. The molecular formula is C14H31N3O2S. The van der Waals surface area contributed by atoms with Crippen molar-refractivity contribution in [2.45, 2.75) is 46.1 Å². The highest BCUT2D eigenvalue weighted by Crippen LogP contribution is 2.20. The summed E-state index contributed by atoms with van der Waals surface area (Å²) in [5, 5.41) is 3.38. The summed E-state index contributed by atoms with van der Waals surface area (Å²) in [4.78, 5) is 2.53. The first-order valence-corrected chi connectivity index (χ1v) is 9.56. The van der Waals surface area contributed by atoms with Gasteiger partial charge in [0.05, 0.1) is 5.75 Å². The molecule has 20 heavy (non-hydrogen) atoms. The molecule has 0 aromatic heterocycles. The van der Waals surface area contributed by atoms with E-state index >= 15 is 0 Å². The second kappa shape index (κ2) is 8.97. The lowest BCUT2D eigenvalue weighted by Crippen LogP contribution is -2.43. The minimum absolute atomic E-state index is 0.167. The van der Waals surface area contributed by atoms with E-state index in [4.69, 9.17) is 0 Å². The van der Waals surface area contributed by atoms with Crippen molar-refractivity contribution in [3.05, 3.63) is 0 Å². The van der Waals surface area contributed by atoms with Gasteiger partial charge in [0.15, 0.2) is 0 Å². The van der Waals surface area contributed by atoms with E-state index in [1.807, 2.05) is 0 Å². The van der Waals surface area contributed by atoms with Gasteiger partial charge < -0.3 is 10.2 Å². The van der Waals surface area contributed by atoms with Gasteiger partial charge in [-0.2, -0.15) is 0 Å². The van der Waals surface area contributed by atoms with Gasteiger partial charge in [0, 0.05) is 19.1 Å². The summed E-state index contributed by atoms with van der Waals surface area (Å²) in [5.41, 5.74) is 0. The Morgan fingerprint density at radius 3 is 2.45 bits per heavy atom. The van der Waals surface area contributed by atoms with E-state index < -0.39 is 10.0 Å². The minimum atomic E-state index is -3.09. The smallest absolute Gasteiger partial charge is 0.212 e. The molecule has 0 aromatic rings. The molecular weight excluding hydrogens is 274 g/mol. The van der Waals surface area contributed by atoms with Crippen LogP contribution in [-0.4, -0.2) is 57.8 Å². The Bertz CT molecular complexity index is 351. The van der Waals surface area contributed by atoms with Gasteiger partial charge in [0.2, 0.25) is 10.0 Å². The highest BCUT2D eigenvalue weighted by molar-refractivity contribution is 7.89.